The molecule has 1 heterocycles. The van der Waals surface area contributed by atoms with Crippen molar-refractivity contribution >= 4 is 29.2 Å². The number of nitrogens with zero attached hydrogens (tertiary/aromatic N) is 1. The van der Waals surface area contributed by atoms with E-state index in [4.69, 9.17) is 14.2 Å². The van der Waals surface area contributed by atoms with Crippen LogP contribution >= 0.6 is 0 Å². The summed E-state index contributed by atoms with van der Waals surface area (Å²) >= 11 is 0. The average molecular weight is 398 g/mol. The lowest BCUT2D eigenvalue weighted by molar-refractivity contribution is -0.121. The maximum atomic E-state index is 12.9. The molecule has 1 N–H and O–H groups in total. The van der Waals surface area contributed by atoms with Gasteiger partial charge in [-0.3, -0.25) is 9.59 Å². The lowest BCUT2D eigenvalue weighted by Crippen LogP contribution is -2.35. The molecule has 1 saturated heterocycles. The molecule has 0 saturated carbocycles. The first-order chi connectivity index (χ1) is 14.0. The Kier molecular flexibility index (Phi) is 6.01. The summed E-state index contributed by atoms with van der Waals surface area (Å²) in [7, 11) is 2.98. The van der Waals surface area contributed by atoms with Crippen LogP contribution in [0.1, 0.15) is 23.7 Å². The highest BCUT2D eigenvalue weighted by molar-refractivity contribution is 6.23. The number of carbonyl (C=O) groups excluding carboxylic acids is 3. The summed E-state index contributed by atoms with van der Waals surface area (Å²) in [5.74, 6) is -0.206. The molecule has 1 aliphatic rings. The van der Waals surface area contributed by atoms with Crippen LogP contribution in [0.5, 0.6) is 11.5 Å². The first kappa shape index (κ1) is 20.2. The van der Waals surface area contributed by atoms with Crippen molar-refractivity contribution in [2.75, 3.05) is 31.0 Å². The van der Waals surface area contributed by atoms with Gasteiger partial charge in [-0.2, -0.15) is 0 Å². The molecule has 0 radical (unpaired) electrons. The summed E-state index contributed by atoms with van der Waals surface area (Å²) in [6.07, 6.45) is 0.00758. The molecule has 0 aromatic heterocycles. The maximum absolute atomic E-state index is 12.9. The van der Waals surface area contributed by atoms with Crippen LogP contribution in [0.2, 0.25) is 0 Å². The second-order valence-electron chi connectivity index (χ2n) is 6.30. The molecule has 2 amide bonds. The van der Waals surface area contributed by atoms with Crippen molar-refractivity contribution < 1.29 is 28.6 Å². The van der Waals surface area contributed by atoms with E-state index in [1.165, 1.54) is 14.2 Å². The van der Waals surface area contributed by atoms with Gasteiger partial charge < -0.3 is 19.5 Å². The highest BCUT2D eigenvalue weighted by atomic mass is 16.5. The Balaban J connectivity index is 1.76. The highest BCUT2D eigenvalue weighted by Crippen LogP contribution is 2.35. The van der Waals surface area contributed by atoms with Gasteiger partial charge in [-0.1, -0.05) is 0 Å². The van der Waals surface area contributed by atoms with Crippen LogP contribution in [0.4, 0.5) is 11.4 Å². The zero-order valence-electron chi connectivity index (χ0n) is 16.4. The fraction of sp³-hybridized carbons (Fsp3) is 0.286. The fourth-order valence-corrected chi connectivity index (χ4v) is 3.09. The third kappa shape index (κ3) is 4.16. The Morgan fingerprint density at radius 3 is 2.45 bits per heavy atom. The number of carbonyl (C=O) groups is 3. The Morgan fingerprint density at radius 1 is 1.10 bits per heavy atom. The van der Waals surface area contributed by atoms with E-state index in [1.807, 2.05) is 0 Å². The molecule has 0 aliphatic carbocycles. The van der Waals surface area contributed by atoms with E-state index in [0.717, 1.165) is 4.90 Å². The number of ether oxygens (including phenoxy) is 3. The van der Waals surface area contributed by atoms with E-state index < -0.39 is 12.0 Å². The minimum absolute atomic E-state index is 0.00758. The predicted molar refractivity (Wildman–Crippen MR) is 106 cm³/mol. The number of anilines is 2. The molecule has 1 aliphatic heterocycles. The van der Waals surface area contributed by atoms with E-state index in [1.54, 1.807) is 49.4 Å². The third-order valence-electron chi connectivity index (χ3n) is 4.51. The van der Waals surface area contributed by atoms with E-state index in [2.05, 4.69) is 5.32 Å². The van der Waals surface area contributed by atoms with Crippen LogP contribution in [0.25, 0.3) is 0 Å². The van der Waals surface area contributed by atoms with Crippen molar-refractivity contribution in [3.05, 3.63) is 48.0 Å². The minimum Gasteiger partial charge on any atom is -0.497 e. The summed E-state index contributed by atoms with van der Waals surface area (Å²) in [6.45, 7) is 2.03. The lowest BCUT2D eigenvalue weighted by Gasteiger charge is -2.19. The quantitative estimate of drug-likeness (QED) is 0.566. The van der Waals surface area contributed by atoms with Crippen molar-refractivity contribution in [2.24, 2.45) is 0 Å². The zero-order chi connectivity index (χ0) is 21.0. The van der Waals surface area contributed by atoms with Gasteiger partial charge in [0.25, 0.3) is 5.91 Å². The van der Waals surface area contributed by atoms with Crippen molar-refractivity contribution in [2.45, 2.75) is 19.4 Å². The Hall–Kier alpha value is -3.55. The number of methoxy groups -OCH3 is 2. The lowest BCUT2D eigenvalue weighted by atomic mass is 10.2. The zero-order valence-corrected chi connectivity index (χ0v) is 16.4. The van der Waals surface area contributed by atoms with Gasteiger partial charge in [-0.05, 0) is 43.3 Å². The normalized spacial score (nSPS) is 16.0. The van der Waals surface area contributed by atoms with Crippen LogP contribution in [0.15, 0.2) is 42.5 Å². The summed E-state index contributed by atoms with van der Waals surface area (Å²) in [6, 6.07) is 10.7. The molecular formula is C21H22N2O6. The van der Waals surface area contributed by atoms with Gasteiger partial charge in [0, 0.05) is 11.8 Å². The molecule has 0 spiro atoms. The largest absolute Gasteiger partial charge is 0.497 e. The van der Waals surface area contributed by atoms with Crippen LogP contribution in [-0.4, -0.2) is 44.7 Å². The predicted octanol–water partition coefficient (Wildman–Crippen LogP) is 2.62. The standard InChI is InChI=1S/C21H22N2O6/c1-4-29-21(26)13-5-7-14(8-6-13)22-16-12-19(24)23(20(16)25)17-10-9-15(27-2)11-18(17)28-3/h5-11,16,22H,4,12H2,1-3H3/t16-/m0/s1. The second-order valence-corrected chi connectivity index (χ2v) is 6.30. The number of nitrogens with one attached hydrogen (secondary N) is 1. The highest BCUT2D eigenvalue weighted by Gasteiger charge is 2.40. The fourth-order valence-electron chi connectivity index (χ4n) is 3.09. The monoisotopic (exact) mass is 398 g/mol. The summed E-state index contributed by atoms with van der Waals surface area (Å²) in [5, 5.41) is 3.05. The van der Waals surface area contributed by atoms with E-state index >= 15 is 0 Å². The molecule has 1 atom stereocenters. The molecule has 152 valence electrons. The van der Waals surface area contributed by atoms with E-state index in [9.17, 15) is 14.4 Å². The van der Waals surface area contributed by atoms with Gasteiger partial charge >= 0.3 is 5.97 Å². The topological polar surface area (TPSA) is 94.2 Å². The van der Waals surface area contributed by atoms with E-state index in [0.29, 0.717) is 35.0 Å². The van der Waals surface area contributed by atoms with Crippen LogP contribution in [-0.2, 0) is 14.3 Å². The maximum Gasteiger partial charge on any atom is 0.338 e. The Labute approximate surface area is 168 Å². The van der Waals surface area contributed by atoms with Gasteiger partial charge in [0.1, 0.15) is 17.5 Å². The van der Waals surface area contributed by atoms with Gasteiger partial charge in [0.15, 0.2) is 0 Å². The Morgan fingerprint density at radius 2 is 1.83 bits per heavy atom. The average Bonchev–Trinajstić information content (AvgIpc) is 3.01. The van der Waals surface area contributed by atoms with E-state index in [-0.39, 0.29) is 18.2 Å². The smallest absolute Gasteiger partial charge is 0.338 e. The van der Waals surface area contributed by atoms with Gasteiger partial charge in [-0.25, -0.2) is 9.69 Å². The summed E-state index contributed by atoms with van der Waals surface area (Å²) in [4.78, 5) is 38.3. The molecule has 3 rings (SSSR count). The molecule has 0 unspecified atom stereocenters. The van der Waals surface area contributed by atoms with Crippen LogP contribution in [0.3, 0.4) is 0 Å². The summed E-state index contributed by atoms with van der Waals surface area (Å²) < 4.78 is 15.4. The molecular weight excluding hydrogens is 376 g/mol. The molecule has 0 bridgehead atoms. The number of imide groups is 1. The van der Waals surface area contributed by atoms with Crippen molar-refractivity contribution in [3.63, 3.8) is 0 Å². The van der Waals surface area contributed by atoms with Gasteiger partial charge in [-0.15, -0.1) is 0 Å². The molecule has 8 heteroatoms. The first-order valence-corrected chi connectivity index (χ1v) is 9.11. The van der Waals surface area contributed by atoms with Gasteiger partial charge in [0.2, 0.25) is 5.91 Å². The van der Waals surface area contributed by atoms with Crippen molar-refractivity contribution in [1.82, 2.24) is 0 Å². The van der Waals surface area contributed by atoms with Crippen LogP contribution < -0.4 is 19.7 Å². The summed E-state index contributed by atoms with van der Waals surface area (Å²) in [5.41, 5.74) is 1.40. The number of benzene rings is 2. The number of hydrogen-bond donors (Lipinski definition) is 1. The SMILES string of the molecule is CCOC(=O)c1ccc(N[C@H]2CC(=O)N(c3ccc(OC)cc3OC)C2=O)cc1. The number of rotatable bonds is 7. The molecule has 29 heavy (non-hydrogen) atoms. The number of hydrogen-bond acceptors (Lipinski definition) is 7. The molecule has 1 fully saturated rings. The van der Waals surface area contributed by atoms with Crippen molar-refractivity contribution in [3.8, 4) is 11.5 Å². The minimum atomic E-state index is -0.720. The third-order valence-corrected chi connectivity index (χ3v) is 4.51. The first-order valence-electron chi connectivity index (χ1n) is 9.11. The van der Waals surface area contributed by atoms with Gasteiger partial charge in [0.05, 0.1) is 38.5 Å². The molecule has 8 nitrogen and oxygen atoms in total. The second kappa shape index (κ2) is 8.64. The van der Waals surface area contributed by atoms with Crippen LogP contribution in [0, 0.1) is 0 Å². The molecule has 2 aromatic rings. The van der Waals surface area contributed by atoms with Crippen molar-refractivity contribution in [1.29, 1.82) is 0 Å². The number of esters is 1. The Bertz CT molecular complexity index is 925. The molecule has 2 aromatic carbocycles. The number of amides is 2.